The minimum atomic E-state index is -4.40. The van der Waals surface area contributed by atoms with Crippen molar-refractivity contribution in [3.8, 4) is 0 Å². The zero-order chi connectivity index (χ0) is 15.3. The van der Waals surface area contributed by atoms with E-state index in [1.807, 2.05) is 0 Å². The number of halogens is 3. The molecule has 0 bridgehead atoms. The molecule has 1 amide bonds. The minimum absolute atomic E-state index is 0.0301. The van der Waals surface area contributed by atoms with Crippen LogP contribution >= 0.6 is 0 Å². The molecule has 0 radical (unpaired) electrons. The van der Waals surface area contributed by atoms with E-state index in [9.17, 15) is 18.0 Å². The topological polar surface area (TPSA) is 54.5 Å². The van der Waals surface area contributed by atoms with E-state index in [1.165, 1.54) is 4.90 Å². The summed E-state index contributed by atoms with van der Waals surface area (Å²) in [5, 5.41) is 2.63. The summed E-state index contributed by atoms with van der Waals surface area (Å²) in [5.74, 6) is -0.330. The van der Waals surface area contributed by atoms with Crippen molar-refractivity contribution in [3.63, 3.8) is 0 Å². The molecule has 1 aromatic heterocycles. The van der Waals surface area contributed by atoms with Crippen molar-refractivity contribution in [1.29, 1.82) is 0 Å². The lowest BCUT2D eigenvalue weighted by Gasteiger charge is -2.33. The maximum Gasteiger partial charge on any atom is 0.415 e. The predicted molar refractivity (Wildman–Crippen MR) is 68.3 cm³/mol. The van der Waals surface area contributed by atoms with Gasteiger partial charge in [-0.3, -0.25) is 14.7 Å². The average Bonchev–Trinajstić information content (AvgIpc) is 2.46. The Balaban J connectivity index is 1.77. The van der Waals surface area contributed by atoms with E-state index in [-0.39, 0.29) is 32.1 Å². The van der Waals surface area contributed by atoms with Crippen LogP contribution in [0.5, 0.6) is 0 Å². The third-order valence-electron chi connectivity index (χ3n) is 3.08. The van der Waals surface area contributed by atoms with Crippen LogP contribution in [-0.2, 0) is 16.1 Å². The smallest absolute Gasteiger partial charge is 0.366 e. The van der Waals surface area contributed by atoms with Crippen molar-refractivity contribution in [2.75, 3.05) is 26.2 Å². The highest BCUT2D eigenvalue weighted by molar-refractivity contribution is 5.77. The van der Waals surface area contributed by atoms with E-state index < -0.39 is 12.3 Å². The van der Waals surface area contributed by atoms with Gasteiger partial charge in [0.25, 0.3) is 0 Å². The number of hydrogen-bond donors (Lipinski definition) is 1. The van der Waals surface area contributed by atoms with Gasteiger partial charge in [-0.15, -0.1) is 0 Å². The van der Waals surface area contributed by atoms with E-state index >= 15 is 0 Å². The largest absolute Gasteiger partial charge is 0.415 e. The molecule has 2 heterocycles. The van der Waals surface area contributed by atoms with Gasteiger partial charge in [-0.1, -0.05) is 6.07 Å². The SMILES string of the molecule is O=C(CN1CCOC(C(F)(F)F)C1)NCc1ccccn1. The van der Waals surface area contributed by atoms with Crippen LogP contribution in [0.3, 0.4) is 0 Å². The van der Waals surface area contributed by atoms with Gasteiger partial charge >= 0.3 is 6.18 Å². The zero-order valence-corrected chi connectivity index (χ0v) is 11.3. The van der Waals surface area contributed by atoms with Crippen molar-refractivity contribution < 1.29 is 22.7 Å². The first kappa shape index (κ1) is 15.7. The minimum Gasteiger partial charge on any atom is -0.366 e. The van der Waals surface area contributed by atoms with Gasteiger partial charge in [-0.25, -0.2) is 0 Å². The summed E-state index contributed by atoms with van der Waals surface area (Å²) in [7, 11) is 0. The number of amides is 1. The Morgan fingerprint density at radius 2 is 2.29 bits per heavy atom. The van der Waals surface area contributed by atoms with Crippen LogP contribution in [0.15, 0.2) is 24.4 Å². The second kappa shape index (κ2) is 6.86. The number of aromatic nitrogens is 1. The first-order valence-electron chi connectivity index (χ1n) is 6.52. The van der Waals surface area contributed by atoms with E-state index in [1.54, 1.807) is 24.4 Å². The summed E-state index contributed by atoms with van der Waals surface area (Å²) in [6, 6.07) is 5.31. The van der Waals surface area contributed by atoms with Gasteiger partial charge in [0.15, 0.2) is 6.10 Å². The summed E-state index contributed by atoms with van der Waals surface area (Å²) in [5.41, 5.74) is 0.695. The van der Waals surface area contributed by atoms with Gasteiger partial charge < -0.3 is 10.1 Å². The molecule has 1 aromatic rings. The Kier molecular flexibility index (Phi) is 5.13. The molecule has 1 aliphatic rings. The lowest BCUT2D eigenvalue weighted by atomic mass is 10.2. The molecule has 1 unspecified atom stereocenters. The quantitative estimate of drug-likeness (QED) is 0.900. The Bertz CT molecular complexity index is 467. The van der Waals surface area contributed by atoms with Crippen molar-refractivity contribution in [1.82, 2.24) is 15.2 Å². The van der Waals surface area contributed by atoms with Gasteiger partial charge in [0.2, 0.25) is 5.91 Å². The summed E-state index contributed by atoms with van der Waals surface area (Å²) in [6.07, 6.45) is -4.62. The first-order chi connectivity index (χ1) is 9.95. The Labute approximate surface area is 120 Å². The Morgan fingerprint density at radius 3 is 2.95 bits per heavy atom. The molecular formula is C13H16F3N3O2. The molecule has 0 aliphatic carbocycles. The molecular weight excluding hydrogens is 287 g/mol. The second-order valence-corrected chi connectivity index (χ2v) is 4.73. The molecule has 1 fully saturated rings. The Morgan fingerprint density at radius 1 is 1.48 bits per heavy atom. The predicted octanol–water partition coefficient (Wildman–Crippen LogP) is 0.961. The highest BCUT2D eigenvalue weighted by Crippen LogP contribution is 2.25. The number of carbonyl (C=O) groups excluding carboxylic acids is 1. The van der Waals surface area contributed by atoms with Gasteiger partial charge in [-0.2, -0.15) is 13.2 Å². The average molecular weight is 303 g/mol. The van der Waals surface area contributed by atoms with Crippen LogP contribution in [0, 0.1) is 0 Å². The zero-order valence-electron chi connectivity index (χ0n) is 11.3. The molecule has 2 rings (SSSR count). The second-order valence-electron chi connectivity index (χ2n) is 4.73. The lowest BCUT2D eigenvalue weighted by Crippen LogP contribution is -2.51. The fourth-order valence-corrected chi connectivity index (χ4v) is 2.00. The number of morpholine rings is 1. The van der Waals surface area contributed by atoms with Crippen molar-refractivity contribution in [2.45, 2.75) is 18.8 Å². The number of pyridine rings is 1. The number of carbonyl (C=O) groups is 1. The third kappa shape index (κ3) is 4.98. The maximum atomic E-state index is 12.6. The monoisotopic (exact) mass is 303 g/mol. The first-order valence-corrected chi connectivity index (χ1v) is 6.52. The molecule has 8 heteroatoms. The highest BCUT2D eigenvalue weighted by atomic mass is 19.4. The molecule has 1 N–H and O–H groups in total. The fourth-order valence-electron chi connectivity index (χ4n) is 2.00. The molecule has 116 valence electrons. The van der Waals surface area contributed by atoms with Crippen molar-refractivity contribution >= 4 is 5.91 Å². The molecule has 21 heavy (non-hydrogen) atoms. The van der Waals surface area contributed by atoms with Crippen LogP contribution in [0.25, 0.3) is 0 Å². The lowest BCUT2D eigenvalue weighted by molar-refractivity contribution is -0.237. The molecule has 0 saturated carbocycles. The van der Waals surface area contributed by atoms with Crippen LogP contribution in [0.1, 0.15) is 5.69 Å². The van der Waals surface area contributed by atoms with Crippen molar-refractivity contribution in [2.24, 2.45) is 0 Å². The standard InChI is InChI=1S/C13H16F3N3O2/c14-13(15,16)11-8-19(5-6-21-11)9-12(20)18-7-10-3-1-2-4-17-10/h1-4,11H,5-9H2,(H,18,20). The molecule has 1 atom stereocenters. The molecule has 0 aromatic carbocycles. The van der Waals surface area contributed by atoms with Gasteiger partial charge in [0, 0.05) is 19.3 Å². The third-order valence-corrected chi connectivity index (χ3v) is 3.08. The van der Waals surface area contributed by atoms with E-state index in [4.69, 9.17) is 0 Å². The van der Waals surface area contributed by atoms with Gasteiger partial charge in [0.1, 0.15) is 0 Å². The van der Waals surface area contributed by atoms with Gasteiger partial charge in [-0.05, 0) is 12.1 Å². The summed E-state index contributed by atoms with van der Waals surface area (Å²) < 4.78 is 42.4. The Hall–Kier alpha value is -1.67. The van der Waals surface area contributed by atoms with Crippen LogP contribution < -0.4 is 5.32 Å². The fraction of sp³-hybridized carbons (Fsp3) is 0.538. The summed E-state index contributed by atoms with van der Waals surface area (Å²) in [4.78, 5) is 17.2. The normalized spacial score (nSPS) is 20.2. The molecule has 5 nitrogen and oxygen atoms in total. The summed E-state index contributed by atoms with van der Waals surface area (Å²) in [6.45, 7) is 0.136. The number of rotatable bonds is 4. The van der Waals surface area contributed by atoms with Crippen LogP contribution in [-0.4, -0.2) is 54.3 Å². The highest BCUT2D eigenvalue weighted by Gasteiger charge is 2.43. The number of hydrogen-bond acceptors (Lipinski definition) is 4. The maximum absolute atomic E-state index is 12.6. The van der Waals surface area contributed by atoms with E-state index in [2.05, 4.69) is 15.0 Å². The number of nitrogens with zero attached hydrogens (tertiary/aromatic N) is 2. The van der Waals surface area contributed by atoms with E-state index in [0.717, 1.165) is 0 Å². The number of alkyl halides is 3. The van der Waals surface area contributed by atoms with Crippen molar-refractivity contribution in [3.05, 3.63) is 30.1 Å². The number of ether oxygens (including phenoxy) is 1. The van der Waals surface area contributed by atoms with Crippen LogP contribution in [0.2, 0.25) is 0 Å². The van der Waals surface area contributed by atoms with Crippen LogP contribution in [0.4, 0.5) is 13.2 Å². The molecule has 1 aliphatic heterocycles. The van der Waals surface area contributed by atoms with Gasteiger partial charge in [0.05, 0.1) is 25.4 Å². The van der Waals surface area contributed by atoms with E-state index in [0.29, 0.717) is 12.2 Å². The molecule has 1 saturated heterocycles. The molecule has 0 spiro atoms. The summed E-state index contributed by atoms with van der Waals surface area (Å²) >= 11 is 0. The number of nitrogens with one attached hydrogen (secondary N) is 1.